The zero-order chi connectivity index (χ0) is 17.3. The van der Waals surface area contributed by atoms with Gasteiger partial charge >= 0.3 is 6.09 Å². The van der Waals surface area contributed by atoms with Crippen molar-refractivity contribution in [2.24, 2.45) is 0 Å². The van der Waals surface area contributed by atoms with Gasteiger partial charge in [-0.3, -0.25) is 0 Å². The van der Waals surface area contributed by atoms with Gasteiger partial charge in [-0.2, -0.15) is 0 Å². The molecule has 0 bridgehead atoms. The summed E-state index contributed by atoms with van der Waals surface area (Å²) in [6.45, 7) is 11.5. The van der Waals surface area contributed by atoms with Crippen LogP contribution >= 0.6 is 11.8 Å². The second-order valence-electron chi connectivity index (χ2n) is 6.89. The lowest BCUT2D eigenvalue weighted by Crippen LogP contribution is -2.44. The molecule has 6 heteroatoms. The second-order valence-corrected chi connectivity index (χ2v) is 8.20. The first kappa shape index (κ1) is 17.7. The number of nitrogens with zero attached hydrogens (tertiary/aromatic N) is 2. The van der Waals surface area contributed by atoms with E-state index in [-0.39, 0.29) is 0 Å². The van der Waals surface area contributed by atoms with Crippen LogP contribution in [0, 0.1) is 0 Å². The largest absolute Gasteiger partial charge is 0.444 e. The number of hydrogen-bond donors (Lipinski definition) is 1. The smallest absolute Gasteiger partial charge is 0.408 e. The van der Waals surface area contributed by atoms with E-state index < -0.39 is 17.2 Å². The number of aromatic nitrogens is 2. The van der Waals surface area contributed by atoms with Crippen molar-refractivity contribution in [3.8, 4) is 0 Å². The highest BCUT2D eigenvalue weighted by atomic mass is 32.2. The Morgan fingerprint density at radius 1 is 1.35 bits per heavy atom. The number of pyridine rings is 1. The molecule has 2 aromatic rings. The Bertz CT molecular complexity index is 701. The van der Waals surface area contributed by atoms with Crippen LogP contribution in [-0.4, -0.2) is 26.8 Å². The molecular formula is C17H25N3O2S. The Balaban J connectivity index is 2.31. The maximum atomic E-state index is 12.1. The molecule has 126 valence electrons. The Labute approximate surface area is 141 Å². The molecule has 5 nitrogen and oxygen atoms in total. The Kier molecular flexibility index (Phi) is 4.94. The van der Waals surface area contributed by atoms with E-state index in [1.54, 1.807) is 11.8 Å². The van der Waals surface area contributed by atoms with Crippen LogP contribution in [0.25, 0.3) is 5.52 Å². The average Bonchev–Trinajstić information content (AvgIpc) is 2.81. The maximum Gasteiger partial charge on any atom is 0.408 e. The minimum absolute atomic E-state index is 0.446. The van der Waals surface area contributed by atoms with Crippen LogP contribution in [0.2, 0.25) is 0 Å². The molecule has 2 rings (SSSR count). The fourth-order valence-electron chi connectivity index (χ4n) is 2.35. The summed E-state index contributed by atoms with van der Waals surface area (Å²) >= 11 is 1.78. The summed E-state index contributed by atoms with van der Waals surface area (Å²) in [4.78, 5) is 17.8. The van der Waals surface area contributed by atoms with Gasteiger partial charge in [0, 0.05) is 11.1 Å². The monoisotopic (exact) mass is 335 g/mol. The van der Waals surface area contributed by atoms with Crippen LogP contribution in [0.5, 0.6) is 0 Å². The molecule has 0 saturated heterocycles. The molecule has 0 unspecified atom stereocenters. The maximum absolute atomic E-state index is 12.1. The number of rotatable bonds is 4. The molecule has 0 fully saturated rings. The van der Waals surface area contributed by atoms with Crippen LogP contribution in [-0.2, 0) is 10.3 Å². The van der Waals surface area contributed by atoms with E-state index in [0.717, 1.165) is 17.1 Å². The second kappa shape index (κ2) is 6.43. The number of alkyl carbamates (subject to hydrolysis) is 1. The Hall–Kier alpha value is -1.69. The first-order valence-electron chi connectivity index (χ1n) is 7.74. The number of hydrogen-bond acceptors (Lipinski definition) is 4. The molecule has 0 radical (unpaired) electrons. The molecule has 1 N–H and O–H groups in total. The molecular weight excluding hydrogens is 310 g/mol. The number of fused-ring (bicyclic) bond motifs is 1. The highest BCUT2D eigenvalue weighted by molar-refractivity contribution is 7.99. The van der Waals surface area contributed by atoms with Crippen molar-refractivity contribution in [3.63, 3.8) is 0 Å². The highest BCUT2D eigenvalue weighted by Gasteiger charge is 2.30. The van der Waals surface area contributed by atoms with Gasteiger partial charge < -0.3 is 14.5 Å². The van der Waals surface area contributed by atoms with Gasteiger partial charge in [-0.1, -0.05) is 6.92 Å². The number of nitrogens with one attached hydrogen (secondary N) is 1. The normalized spacial score (nSPS) is 12.4. The van der Waals surface area contributed by atoms with Gasteiger partial charge in [0.1, 0.15) is 11.4 Å². The van der Waals surface area contributed by atoms with Gasteiger partial charge in [0.15, 0.2) is 0 Å². The lowest BCUT2D eigenvalue weighted by molar-refractivity contribution is 0.0466. The first-order chi connectivity index (χ1) is 10.6. The predicted octanol–water partition coefficient (Wildman–Crippen LogP) is 4.21. The Morgan fingerprint density at radius 2 is 2.04 bits per heavy atom. The quantitative estimate of drug-likeness (QED) is 0.851. The van der Waals surface area contributed by atoms with Gasteiger partial charge in [-0.25, -0.2) is 9.78 Å². The molecule has 0 aromatic carbocycles. The predicted molar refractivity (Wildman–Crippen MR) is 94.0 cm³/mol. The van der Waals surface area contributed by atoms with Crippen LogP contribution in [0.3, 0.4) is 0 Å². The molecule has 0 aliphatic carbocycles. The van der Waals surface area contributed by atoms with Gasteiger partial charge in [0.2, 0.25) is 0 Å². The third-order valence-corrected chi connectivity index (χ3v) is 4.15. The van der Waals surface area contributed by atoms with Gasteiger partial charge in [0.05, 0.1) is 17.3 Å². The number of carbonyl (C=O) groups is 1. The SMILES string of the molecule is CCSc1cccn2c(C(C)(C)NC(=O)OC(C)(C)C)ncc12. The van der Waals surface area contributed by atoms with Crippen LogP contribution < -0.4 is 5.32 Å². The van der Waals surface area contributed by atoms with Crippen molar-refractivity contribution in [1.29, 1.82) is 0 Å². The van der Waals surface area contributed by atoms with Gasteiger partial charge in [-0.05, 0) is 52.5 Å². The lowest BCUT2D eigenvalue weighted by atomic mass is 10.1. The van der Waals surface area contributed by atoms with Crippen molar-refractivity contribution in [2.75, 3.05) is 5.75 Å². The standard InChI is InChI=1S/C17H25N3O2S/c1-7-23-13-9-8-10-20-12(13)11-18-14(20)17(5,6)19-15(21)22-16(2,3)4/h8-11H,7H2,1-6H3,(H,19,21). The summed E-state index contributed by atoms with van der Waals surface area (Å²) in [5.74, 6) is 1.77. The fraction of sp³-hybridized carbons (Fsp3) is 0.529. The van der Waals surface area contributed by atoms with E-state index in [1.165, 1.54) is 4.90 Å². The number of thioether (sulfide) groups is 1. The molecule has 2 heterocycles. The van der Waals surface area contributed by atoms with E-state index in [9.17, 15) is 4.79 Å². The minimum atomic E-state index is -0.649. The molecule has 2 aromatic heterocycles. The molecule has 0 atom stereocenters. The number of carbonyl (C=O) groups excluding carboxylic acids is 1. The zero-order valence-corrected chi connectivity index (χ0v) is 15.5. The molecule has 23 heavy (non-hydrogen) atoms. The van der Waals surface area contributed by atoms with Crippen molar-refractivity contribution < 1.29 is 9.53 Å². The molecule has 0 aliphatic heterocycles. The van der Waals surface area contributed by atoms with Crippen LogP contribution in [0.4, 0.5) is 4.79 Å². The lowest BCUT2D eigenvalue weighted by Gasteiger charge is -2.27. The van der Waals surface area contributed by atoms with E-state index in [2.05, 4.69) is 23.3 Å². The number of imidazole rings is 1. The molecule has 0 spiro atoms. The van der Waals surface area contributed by atoms with Crippen molar-refractivity contribution in [1.82, 2.24) is 14.7 Å². The zero-order valence-electron chi connectivity index (χ0n) is 14.6. The van der Waals surface area contributed by atoms with E-state index in [1.807, 2.05) is 57.5 Å². The van der Waals surface area contributed by atoms with Gasteiger partial charge in [0.25, 0.3) is 0 Å². The summed E-state index contributed by atoms with van der Waals surface area (Å²) < 4.78 is 7.38. The molecule has 1 amide bonds. The highest BCUT2D eigenvalue weighted by Crippen LogP contribution is 2.27. The van der Waals surface area contributed by atoms with Crippen molar-refractivity contribution in [3.05, 3.63) is 30.4 Å². The molecule has 0 aliphatic rings. The molecule has 0 saturated carbocycles. The number of ether oxygens (including phenoxy) is 1. The minimum Gasteiger partial charge on any atom is -0.444 e. The summed E-state index contributed by atoms with van der Waals surface area (Å²) in [6, 6.07) is 4.09. The van der Waals surface area contributed by atoms with Crippen molar-refractivity contribution in [2.45, 2.75) is 57.6 Å². The summed E-state index contributed by atoms with van der Waals surface area (Å²) in [5.41, 5.74) is -0.127. The summed E-state index contributed by atoms with van der Waals surface area (Å²) in [5, 5.41) is 2.91. The van der Waals surface area contributed by atoms with E-state index in [4.69, 9.17) is 4.74 Å². The van der Waals surface area contributed by atoms with Crippen LogP contribution in [0.15, 0.2) is 29.4 Å². The number of amides is 1. The first-order valence-corrected chi connectivity index (χ1v) is 8.73. The van der Waals surface area contributed by atoms with Crippen LogP contribution in [0.1, 0.15) is 47.4 Å². The fourth-order valence-corrected chi connectivity index (χ4v) is 3.14. The van der Waals surface area contributed by atoms with E-state index >= 15 is 0 Å². The average molecular weight is 335 g/mol. The third kappa shape index (κ3) is 4.19. The summed E-state index contributed by atoms with van der Waals surface area (Å²) in [7, 11) is 0. The topological polar surface area (TPSA) is 55.6 Å². The van der Waals surface area contributed by atoms with Crippen molar-refractivity contribution >= 4 is 23.4 Å². The van der Waals surface area contributed by atoms with E-state index in [0.29, 0.717) is 0 Å². The third-order valence-electron chi connectivity index (χ3n) is 3.20. The summed E-state index contributed by atoms with van der Waals surface area (Å²) in [6.07, 6.45) is 3.38. The van der Waals surface area contributed by atoms with Gasteiger partial charge in [-0.15, -0.1) is 11.8 Å². The Morgan fingerprint density at radius 3 is 2.65 bits per heavy atom.